The molecule has 11 heteroatoms. The first kappa shape index (κ1) is 19.6. The maximum Gasteiger partial charge on any atom is 0.263 e. The van der Waals surface area contributed by atoms with Gasteiger partial charge in [-0.25, -0.2) is 4.90 Å². The summed E-state index contributed by atoms with van der Waals surface area (Å²) in [6.07, 6.45) is 0. The number of benzene rings is 2. The van der Waals surface area contributed by atoms with Gasteiger partial charge in [0.1, 0.15) is 6.54 Å². The number of amides is 3. The summed E-state index contributed by atoms with van der Waals surface area (Å²) >= 11 is 17.9. The lowest BCUT2D eigenvalue weighted by molar-refractivity contribution is -0.123. The minimum absolute atomic E-state index is 0.269. The quantitative estimate of drug-likeness (QED) is 0.717. The Morgan fingerprint density at radius 2 is 1.79 bits per heavy atom. The van der Waals surface area contributed by atoms with E-state index in [2.05, 4.69) is 15.7 Å². The minimum atomic E-state index is -1.01. The van der Waals surface area contributed by atoms with Gasteiger partial charge in [0.2, 0.25) is 5.91 Å². The fourth-order valence-corrected chi connectivity index (χ4v) is 3.79. The number of anilines is 2. The molecule has 2 aromatic carbocycles. The number of halogens is 3. The Kier molecular flexibility index (Phi) is 5.16. The zero-order chi connectivity index (χ0) is 20.7. The van der Waals surface area contributed by atoms with Crippen LogP contribution in [0.4, 0.5) is 11.4 Å². The van der Waals surface area contributed by atoms with Gasteiger partial charge in [-0.1, -0.05) is 46.1 Å². The van der Waals surface area contributed by atoms with Crippen molar-refractivity contribution in [1.82, 2.24) is 5.01 Å². The van der Waals surface area contributed by atoms with E-state index in [1.54, 1.807) is 30.3 Å². The van der Waals surface area contributed by atoms with Crippen molar-refractivity contribution in [2.45, 2.75) is 12.1 Å². The number of fused-ring (bicyclic) bond motifs is 1. The molecular weight excluding hydrogens is 441 g/mol. The van der Waals surface area contributed by atoms with Crippen LogP contribution in [0.15, 0.2) is 52.8 Å². The van der Waals surface area contributed by atoms with E-state index in [1.807, 2.05) is 0 Å². The first-order valence-corrected chi connectivity index (χ1v) is 9.54. The molecule has 2 aliphatic heterocycles. The predicted octanol–water partition coefficient (Wildman–Crippen LogP) is 3.58. The van der Waals surface area contributed by atoms with Crippen LogP contribution in [0, 0.1) is 0 Å². The Hall–Kier alpha value is -2.68. The van der Waals surface area contributed by atoms with Gasteiger partial charge in [-0.15, -0.1) is 0 Å². The predicted molar refractivity (Wildman–Crippen MR) is 108 cm³/mol. The number of hydrogen-bond acceptors (Lipinski definition) is 6. The highest BCUT2D eigenvalue weighted by Crippen LogP contribution is 2.33. The molecule has 8 nitrogen and oxygen atoms in total. The highest BCUT2D eigenvalue weighted by molar-refractivity contribution is 6.36. The normalized spacial score (nSPS) is 20.4. The summed E-state index contributed by atoms with van der Waals surface area (Å²) in [5.41, 5.74) is 0.706. The number of carbonyl (C=O) groups excluding carboxylic acids is 3. The monoisotopic (exact) mass is 451 g/mol. The Labute approximate surface area is 180 Å². The third kappa shape index (κ3) is 3.66. The van der Waals surface area contributed by atoms with E-state index in [0.29, 0.717) is 21.4 Å². The van der Waals surface area contributed by atoms with E-state index in [-0.39, 0.29) is 11.6 Å². The van der Waals surface area contributed by atoms with Gasteiger partial charge in [-0.3, -0.25) is 19.4 Å². The molecule has 29 heavy (non-hydrogen) atoms. The highest BCUT2D eigenvalue weighted by atomic mass is 35.5. The second-order valence-corrected chi connectivity index (χ2v) is 7.64. The fourth-order valence-electron chi connectivity index (χ4n) is 3.15. The largest absolute Gasteiger partial charge is 0.323 e. The molecule has 0 unspecified atom stereocenters. The maximum absolute atomic E-state index is 12.9. The molecule has 0 saturated carbocycles. The van der Waals surface area contributed by atoms with Gasteiger partial charge in [0.15, 0.2) is 12.1 Å². The molecule has 0 bridgehead atoms. The molecule has 1 fully saturated rings. The van der Waals surface area contributed by atoms with Crippen molar-refractivity contribution in [3.05, 3.63) is 57.5 Å². The van der Waals surface area contributed by atoms with E-state index in [4.69, 9.17) is 34.8 Å². The van der Waals surface area contributed by atoms with E-state index >= 15 is 0 Å². The van der Waals surface area contributed by atoms with E-state index < -0.39 is 29.8 Å². The Bertz CT molecular complexity index is 1060. The molecule has 0 aliphatic carbocycles. The van der Waals surface area contributed by atoms with Crippen molar-refractivity contribution < 1.29 is 14.4 Å². The molecule has 2 aromatic rings. The summed E-state index contributed by atoms with van der Waals surface area (Å²) in [5, 5.41) is 12.6. The van der Waals surface area contributed by atoms with Crippen LogP contribution in [-0.2, 0) is 14.4 Å². The highest BCUT2D eigenvalue weighted by Gasteiger charge is 2.55. The Morgan fingerprint density at radius 1 is 1.03 bits per heavy atom. The molecule has 1 saturated heterocycles. The van der Waals surface area contributed by atoms with Gasteiger partial charge in [0, 0.05) is 10.0 Å². The minimum Gasteiger partial charge on any atom is -0.323 e. The Morgan fingerprint density at radius 3 is 2.52 bits per heavy atom. The molecule has 148 valence electrons. The molecule has 0 aromatic heterocycles. The Balaban J connectivity index is 1.49. The summed E-state index contributed by atoms with van der Waals surface area (Å²) in [5.74, 6) is -1.52. The second kappa shape index (κ2) is 7.62. The smallest absolute Gasteiger partial charge is 0.263 e. The van der Waals surface area contributed by atoms with Crippen LogP contribution in [0.2, 0.25) is 15.1 Å². The summed E-state index contributed by atoms with van der Waals surface area (Å²) in [4.78, 5) is 39.0. The lowest BCUT2D eigenvalue weighted by Crippen LogP contribution is -2.43. The zero-order valence-electron chi connectivity index (χ0n) is 14.6. The maximum atomic E-state index is 12.9. The van der Waals surface area contributed by atoms with E-state index in [1.165, 1.54) is 17.1 Å². The van der Waals surface area contributed by atoms with Crippen LogP contribution in [0.5, 0.6) is 0 Å². The summed E-state index contributed by atoms with van der Waals surface area (Å²) in [7, 11) is 0. The molecule has 0 spiro atoms. The molecule has 2 heterocycles. The number of nitrogens with zero attached hydrogens (tertiary/aromatic N) is 4. The van der Waals surface area contributed by atoms with Crippen LogP contribution < -0.4 is 10.2 Å². The third-order valence-electron chi connectivity index (χ3n) is 4.44. The van der Waals surface area contributed by atoms with Gasteiger partial charge >= 0.3 is 0 Å². The number of nitrogens with one attached hydrogen (secondary N) is 1. The fraction of sp³-hybridized carbons (Fsp3) is 0.167. The summed E-state index contributed by atoms with van der Waals surface area (Å²) in [6.45, 7) is -0.286. The molecule has 2 aliphatic rings. The third-order valence-corrected chi connectivity index (χ3v) is 5.22. The van der Waals surface area contributed by atoms with Gasteiger partial charge in [0.05, 0.1) is 16.4 Å². The van der Waals surface area contributed by atoms with E-state index in [0.717, 1.165) is 4.90 Å². The second-order valence-electron chi connectivity index (χ2n) is 6.36. The molecule has 4 rings (SSSR count). The molecule has 3 amide bonds. The average molecular weight is 453 g/mol. The molecule has 2 atom stereocenters. The van der Waals surface area contributed by atoms with E-state index in [9.17, 15) is 14.4 Å². The topological polar surface area (TPSA) is 94.4 Å². The first-order chi connectivity index (χ1) is 13.8. The van der Waals surface area contributed by atoms with Crippen molar-refractivity contribution in [2.24, 2.45) is 10.3 Å². The van der Waals surface area contributed by atoms with Crippen LogP contribution in [-0.4, -0.2) is 41.4 Å². The number of hydrogen-bond donors (Lipinski definition) is 1. The van der Waals surface area contributed by atoms with Crippen molar-refractivity contribution in [1.29, 1.82) is 0 Å². The van der Waals surface area contributed by atoms with Crippen LogP contribution in [0.3, 0.4) is 0 Å². The lowest BCUT2D eigenvalue weighted by Gasteiger charge is -2.20. The van der Waals surface area contributed by atoms with Crippen molar-refractivity contribution in [3.63, 3.8) is 0 Å². The number of carbonyl (C=O) groups is 3. The standard InChI is InChI=1S/C18H12Cl3N5O3/c19-9-2-1-3-11(6-9)26-17(28)15-16(18(26)29)25(24-23-15)8-14(27)22-13-5-4-10(20)7-12(13)21/h1-7,15-16H,8H2,(H,22,27)/t15-,16+/m0/s1. The van der Waals surface area contributed by atoms with Crippen molar-refractivity contribution >= 4 is 63.9 Å². The zero-order valence-corrected chi connectivity index (χ0v) is 16.8. The lowest BCUT2D eigenvalue weighted by atomic mass is 10.1. The number of rotatable bonds is 4. The molecule has 0 radical (unpaired) electrons. The van der Waals surface area contributed by atoms with Crippen molar-refractivity contribution in [2.75, 3.05) is 16.8 Å². The average Bonchev–Trinajstić information content (AvgIpc) is 3.17. The van der Waals surface area contributed by atoms with Crippen LogP contribution in [0.1, 0.15) is 0 Å². The summed E-state index contributed by atoms with van der Waals surface area (Å²) < 4.78 is 0. The van der Waals surface area contributed by atoms with Gasteiger partial charge < -0.3 is 5.32 Å². The number of imide groups is 1. The van der Waals surface area contributed by atoms with Gasteiger partial charge in [-0.05, 0) is 36.4 Å². The summed E-state index contributed by atoms with van der Waals surface area (Å²) in [6, 6.07) is 9.00. The van der Waals surface area contributed by atoms with Crippen molar-refractivity contribution in [3.8, 4) is 0 Å². The van der Waals surface area contributed by atoms with Gasteiger partial charge in [0.25, 0.3) is 11.8 Å². The first-order valence-electron chi connectivity index (χ1n) is 8.41. The van der Waals surface area contributed by atoms with Crippen LogP contribution >= 0.6 is 34.8 Å². The molecular formula is C18H12Cl3N5O3. The van der Waals surface area contributed by atoms with Gasteiger partial charge in [-0.2, -0.15) is 5.11 Å². The van der Waals surface area contributed by atoms with Crippen LogP contribution in [0.25, 0.3) is 0 Å². The SMILES string of the molecule is O=C(CN1N=N[C@@H]2C(=O)N(c3cccc(Cl)c3)C(=O)[C@@H]21)Nc1ccc(Cl)cc1Cl. The molecule has 1 N–H and O–H groups in total.